The Balaban J connectivity index is 1.81. The molecule has 0 amide bonds. The van der Waals surface area contributed by atoms with Gasteiger partial charge in [0.25, 0.3) is 0 Å². The van der Waals surface area contributed by atoms with Crippen LogP contribution in [-0.4, -0.2) is 5.78 Å². The molecule has 5 rings (SSSR count). The Hall–Kier alpha value is -3.14. The highest BCUT2D eigenvalue weighted by Gasteiger charge is 2.30. The van der Waals surface area contributed by atoms with Crippen LogP contribution in [-0.2, 0) is 12.6 Å². The van der Waals surface area contributed by atoms with E-state index in [1.165, 1.54) is 12.1 Å². The van der Waals surface area contributed by atoms with Crippen LogP contribution in [0, 0.1) is 0 Å². The molecule has 0 radical (unpaired) electrons. The first-order valence-corrected chi connectivity index (χ1v) is 9.61. The third kappa shape index (κ3) is 2.91. The van der Waals surface area contributed by atoms with E-state index in [9.17, 15) is 18.0 Å². The van der Waals surface area contributed by atoms with Crippen molar-refractivity contribution in [3.8, 4) is 11.1 Å². The van der Waals surface area contributed by atoms with E-state index in [0.717, 1.165) is 68.8 Å². The molecule has 4 aromatic carbocycles. The number of alkyl halides is 3. The summed E-state index contributed by atoms with van der Waals surface area (Å²) in [5.41, 5.74) is 2.79. The summed E-state index contributed by atoms with van der Waals surface area (Å²) in [5.74, 6) is 0.164. The largest absolute Gasteiger partial charge is 0.416 e. The topological polar surface area (TPSA) is 17.1 Å². The Kier molecular flexibility index (Phi) is 3.98. The fraction of sp³-hybridized carbons (Fsp3) is 0.160. The van der Waals surface area contributed by atoms with Crippen LogP contribution in [0.25, 0.3) is 32.7 Å². The Morgan fingerprint density at radius 2 is 1.38 bits per heavy atom. The zero-order valence-corrected chi connectivity index (χ0v) is 15.5. The molecule has 4 heteroatoms. The summed E-state index contributed by atoms with van der Waals surface area (Å²) >= 11 is 0. The van der Waals surface area contributed by atoms with Gasteiger partial charge in [0.15, 0.2) is 5.78 Å². The second-order valence-electron chi connectivity index (χ2n) is 7.51. The fourth-order valence-corrected chi connectivity index (χ4v) is 4.41. The molecule has 0 N–H and O–H groups in total. The van der Waals surface area contributed by atoms with Gasteiger partial charge in [-0.1, -0.05) is 48.5 Å². The maximum absolute atomic E-state index is 13.0. The fourth-order valence-electron chi connectivity index (χ4n) is 4.41. The van der Waals surface area contributed by atoms with Crippen molar-refractivity contribution in [1.82, 2.24) is 0 Å². The first kappa shape index (κ1) is 17.9. The number of halogens is 3. The zero-order valence-electron chi connectivity index (χ0n) is 15.5. The summed E-state index contributed by atoms with van der Waals surface area (Å²) in [4.78, 5) is 12.4. The summed E-state index contributed by atoms with van der Waals surface area (Å²) in [5, 5.41) is 4.12. The smallest absolute Gasteiger partial charge is 0.294 e. The van der Waals surface area contributed by atoms with E-state index < -0.39 is 11.7 Å². The average molecular weight is 390 g/mol. The van der Waals surface area contributed by atoms with Gasteiger partial charge in [-0.2, -0.15) is 13.2 Å². The third-order valence-electron chi connectivity index (χ3n) is 5.81. The number of carbonyl (C=O) groups excluding carboxylic acids is 1. The van der Waals surface area contributed by atoms with Crippen LogP contribution in [0.5, 0.6) is 0 Å². The normalized spacial score (nSPS) is 14.4. The molecule has 1 nitrogen and oxygen atoms in total. The van der Waals surface area contributed by atoms with Gasteiger partial charge >= 0.3 is 6.18 Å². The molecule has 144 valence electrons. The van der Waals surface area contributed by atoms with E-state index in [4.69, 9.17) is 0 Å². The number of benzene rings is 4. The van der Waals surface area contributed by atoms with Gasteiger partial charge in [-0.15, -0.1) is 0 Å². The van der Waals surface area contributed by atoms with Crippen LogP contribution in [0.15, 0.2) is 66.7 Å². The SMILES string of the molecule is O=C1CCCc2c1ccc1c2cc(-c2ccc(C(F)(F)F)cc2)c2ccccc21. The van der Waals surface area contributed by atoms with Crippen LogP contribution in [0.2, 0.25) is 0 Å². The second kappa shape index (κ2) is 6.45. The highest BCUT2D eigenvalue weighted by Crippen LogP contribution is 2.39. The molecule has 4 aromatic rings. The lowest BCUT2D eigenvalue weighted by molar-refractivity contribution is -0.137. The summed E-state index contributed by atoms with van der Waals surface area (Å²) in [6.45, 7) is 0. The van der Waals surface area contributed by atoms with Crippen molar-refractivity contribution in [3.05, 3.63) is 83.4 Å². The third-order valence-corrected chi connectivity index (χ3v) is 5.81. The monoisotopic (exact) mass is 390 g/mol. The summed E-state index contributed by atoms with van der Waals surface area (Å²) in [6.07, 6.45) is -2.13. The van der Waals surface area contributed by atoms with Gasteiger partial charge in [0.05, 0.1) is 5.56 Å². The molecule has 0 bridgehead atoms. The summed E-state index contributed by atoms with van der Waals surface area (Å²) < 4.78 is 38.9. The van der Waals surface area contributed by atoms with E-state index in [1.54, 1.807) is 0 Å². The van der Waals surface area contributed by atoms with E-state index in [0.29, 0.717) is 6.42 Å². The molecule has 1 aliphatic rings. The van der Waals surface area contributed by atoms with E-state index in [1.807, 2.05) is 42.5 Å². The molecule has 0 spiro atoms. The van der Waals surface area contributed by atoms with Crippen molar-refractivity contribution < 1.29 is 18.0 Å². The Labute approximate surface area is 165 Å². The minimum absolute atomic E-state index is 0.164. The van der Waals surface area contributed by atoms with Crippen molar-refractivity contribution in [1.29, 1.82) is 0 Å². The van der Waals surface area contributed by atoms with Gasteiger partial charge in [-0.05, 0) is 69.3 Å². The van der Waals surface area contributed by atoms with Crippen molar-refractivity contribution in [3.63, 3.8) is 0 Å². The molecule has 0 heterocycles. The average Bonchev–Trinajstić information content (AvgIpc) is 2.72. The van der Waals surface area contributed by atoms with Crippen LogP contribution in [0.1, 0.15) is 34.3 Å². The number of aryl methyl sites for hydroxylation is 1. The number of hydrogen-bond donors (Lipinski definition) is 0. The molecule has 0 saturated carbocycles. The number of fused-ring (bicyclic) bond motifs is 5. The van der Waals surface area contributed by atoms with Gasteiger partial charge in [0, 0.05) is 12.0 Å². The van der Waals surface area contributed by atoms with Gasteiger partial charge < -0.3 is 0 Å². The first-order chi connectivity index (χ1) is 13.9. The van der Waals surface area contributed by atoms with Crippen molar-refractivity contribution >= 4 is 27.3 Å². The maximum Gasteiger partial charge on any atom is 0.416 e. The van der Waals surface area contributed by atoms with Crippen molar-refractivity contribution in [2.75, 3.05) is 0 Å². The molecular weight excluding hydrogens is 373 g/mol. The van der Waals surface area contributed by atoms with Gasteiger partial charge in [-0.3, -0.25) is 4.79 Å². The van der Waals surface area contributed by atoms with Crippen molar-refractivity contribution in [2.24, 2.45) is 0 Å². The Morgan fingerprint density at radius 1 is 0.690 bits per heavy atom. The van der Waals surface area contributed by atoms with Crippen LogP contribution in [0.3, 0.4) is 0 Å². The molecular formula is C25H17F3O. The molecule has 29 heavy (non-hydrogen) atoms. The molecule has 0 unspecified atom stereocenters. The predicted molar refractivity (Wildman–Crippen MR) is 109 cm³/mol. The molecule has 0 fully saturated rings. The number of Topliss-reactive ketones (excluding diaryl/α,β-unsaturated/α-hetero) is 1. The first-order valence-electron chi connectivity index (χ1n) is 9.61. The highest BCUT2D eigenvalue weighted by molar-refractivity contribution is 6.16. The molecule has 0 aliphatic heterocycles. The lowest BCUT2D eigenvalue weighted by Gasteiger charge is -2.19. The number of carbonyl (C=O) groups is 1. The van der Waals surface area contributed by atoms with Crippen LogP contribution < -0.4 is 0 Å². The van der Waals surface area contributed by atoms with Crippen LogP contribution >= 0.6 is 0 Å². The summed E-state index contributed by atoms with van der Waals surface area (Å²) in [7, 11) is 0. The Morgan fingerprint density at radius 3 is 2.10 bits per heavy atom. The Bertz CT molecular complexity index is 1270. The number of rotatable bonds is 1. The van der Waals surface area contributed by atoms with Crippen LogP contribution in [0.4, 0.5) is 13.2 Å². The lowest BCUT2D eigenvalue weighted by Crippen LogP contribution is -2.11. The second-order valence-corrected chi connectivity index (χ2v) is 7.51. The van der Waals surface area contributed by atoms with E-state index in [-0.39, 0.29) is 5.78 Å². The quantitative estimate of drug-likeness (QED) is 0.314. The molecule has 1 aliphatic carbocycles. The van der Waals surface area contributed by atoms with Crippen molar-refractivity contribution in [2.45, 2.75) is 25.4 Å². The highest BCUT2D eigenvalue weighted by atomic mass is 19.4. The number of ketones is 1. The zero-order chi connectivity index (χ0) is 20.2. The number of hydrogen-bond acceptors (Lipinski definition) is 1. The minimum atomic E-state index is -4.36. The van der Waals surface area contributed by atoms with E-state index >= 15 is 0 Å². The standard InChI is InChI=1S/C25H17F3O/c26-25(27,28)16-10-8-15(9-11-16)22-14-23-19-6-3-7-24(29)21(19)13-12-20(23)17-4-1-2-5-18(17)22/h1-2,4-5,8-14H,3,6-7H2. The van der Waals surface area contributed by atoms with E-state index in [2.05, 4.69) is 0 Å². The molecule has 0 aromatic heterocycles. The lowest BCUT2D eigenvalue weighted by atomic mass is 9.84. The van der Waals surface area contributed by atoms with Gasteiger partial charge in [0.1, 0.15) is 0 Å². The summed E-state index contributed by atoms with van der Waals surface area (Å²) in [6, 6.07) is 19.2. The molecule has 0 saturated heterocycles. The predicted octanol–water partition coefficient (Wildman–Crippen LogP) is 7.20. The minimum Gasteiger partial charge on any atom is -0.294 e. The van der Waals surface area contributed by atoms with Gasteiger partial charge in [-0.25, -0.2) is 0 Å². The maximum atomic E-state index is 13.0. The van der Waals surface area contributed by atoms with Gasteiger partial charge in [0.2, 0.25) is 0 Å². The molecule has 0 atom stereocenters.